The Balaban J connectivity index is 1.89. The molecule has 2 N–H and O–H groups in total. The van der Waals surface area contributed by atoms with Gasteiger partial charge in [-0.3, -0.25) is 4.79 Å². The number of thioether (sulfide) groups is 1. The summed E-state index contributed by atoms with van der Waals surface area (Å²) >= 11 is 1.57. The van der Waals surface area contributed by atoms with Crippen LogP contribution in [0.5, 0.6) is 0 Å². The number of nitrogens with one attached hydrogen (secondary N) is 1. The van der Waals surface area contributed by atoms with Gasteiger partial charge in [-0.2, -0.15) is 11.8 Å². The van der Waals surface area contributed by atoms with E-state index >= 15 is 0 Å². The molecule has 2 aromatic rings. The van der Waals surface area contributed by atoms with Gasteiger partial charge in [-0.25, -0.2) is 4.79 Å². The first-order valence-electron chi connectivity index (χ1n) is 14.5. The number of benzene rings is 2. The van der Waals surface area contributed by atoms with Crippen molar-refractivity contribution in [3.8, 4) is 0 Å². The van der Waals surface area contributed by atoms with E-state index in [2.05, 4.69) is 56.4 Å². The third-order valence-electron chi connectivity index (χ3n) is 7.53. The van der Waals surface area contributed by atoms with Crippen LogP contribution in [0.4, 0.5) is 0 Å². The lowest BCUT2D eigenvalue weighted by molar-refractivity contribution is -0.141. The normalized spacial score (nSPS) is 15.1. The molecular weight excluding hydrogens is 518 g/mol. The maximum atomic E-state index is 13.4. The number of hydrogen-bond donors (Lipinski definition) is 2. The fourth-order valence-electron chi connectivity index (χ4n) is 5.05. The average molecular weight is 564 g/mol. The third kappa shape index (κ3) is 8.84. The molecule has 0 radical (unpaired) electrons. The molecule has 0 bridgehead atoms. The van der Waals surface area contributed by atoms with E-state index in [4.69, 9.17) is 4.74 Å². The first-order valence-corrected chi connectivity index (χ1v) is 15.9. The van der Waals surface area contributed by atoms with Crippen LogP contribution in [0.15, 0.2) is 65.8 Å². The predicted molar refractivity (Wildman–Crippen MR) is 167 cm³/mol. The Bertz CT molecular complexity index is 1220. The summed E-state index contributed by atoms with van der Waals surface area (Å²) in [5.74, 6) is -0.169. The van der Waals surface area contributed by atoms with Gasteiger partial charge < -0.3 is 15.2 Å². The molecule has 5 nitrogen and oxygen atoms in total. The Morgan fingerprint density at radius 2 is 1.80 bits per heavy atom. The summed E-state index contributed by atoms with van der Waals surface area (Å²) in [7, 11) is 0. The fraction of sp³-hybridized carbons (Fsp3) is 0.471. The molecule has 0 aromatic heterocycles. The minimum absolute atomic E-state index is 0.0166. The lowest BCUT2D eigenvalue weighted by Gasteiger charge is -2.25. The Hall–Kier alpha value is -2.83. The van der Waals surface area contributed by atoms with E-state index in [0.717, 1.165) is 41.5 Å². The lowest BCUT2D eigenvalue weighted by Crippen LogP contribution is -2.42. The summed E-state index contributed by atoms with van der Waals surface area (Å²) in [5.41, 5.74) is 7.25. The summed E-state index contributed by atoms with van der Waals surface area (Å²) in [6, 6.07) is 15.9. The molecule has 0 unspecified atom stereocenters. The Morgan fingerprint density at radius 3 is 2.48 bits per heavy atom. The quantitative estimate of drug-likeness (QED) is 0.231. The number of aliphatic carboxylic acids is 1. The highest BCUT2D eigenvalue weighted by molar-refractivity contribution is 7.98. The molecule has 2 aromatic carbocycles. The van der Waals surface area contributed by atoms with Crippen molar-refractivity contribution in [2.75, 3.05) is 18.6 Å². The number of aryl methyl sites for hydroxylation is 1. The standard InChI is InChI=1S/C34H45NO4S/c1-6-7-15-32(27-13-10-12-26(21-27)23(2)3)39-22-25-16-17-29(30(20-25)28-14-9-8-11-24(28)4)33(36)35-31(34(37)38)18-19-40-5/h8-14,20-21,23,31-32H,6-7,15-19,22H2,1-5H3,(H,35,36)(H,37,38)/t31-,32-/m0/s1. The number of unbranched alkanes of at least 4 members (excludes halogenated alkanes) is 1. The monoisotopic (exact) mass is 563 g/mol. The molecule has 1 amide bonds. The topological polar surface area (TPSA) is 75.6 Å². The van der Waals surface area contributed by atoms with Gasteiger partial charge >= 0.3 is 5.97 Å². The van der Waals surface area contributed by atoms with Gasteiger partial charge in [0.2, 0.25) is 5.91 Å². The molecule has 3 rings (SSSR count). The smallest absolute Gasteiger partial charge is 0.326 e. The van der Waals surface area contributed by atoms with Crippen molar-refractivity contribution in [3.05, 3.63) is 88.0 Å². The maximum Gasteiger partial charge on any atom is 0.326 e. The SMILES string of the molecule is CCCC[C@H](OCC1=CC(c2ccccc2C)=C(C(=O)N[C@@H](CCSC)C(=O)O)CC1)c1cccc(C(C)C)c1. The summed E-state index contributed by atoms with van der Waals surface area (Å²) in [6.45, 7) is 9.16. The molecule has 1 aliphatic rings. The molecule has 0 spiro atoms. The zero-order chi connectivity index (χ0) is 29.1. The van der Waals surface area contributed by atoms with E-state index in [0.29, 0.717) is 43.1 Å². The van der Waals surface area contributed by atoms with Crippen LogP contribution in [0.3, 0.4) is 0 Å². The summed E-state index contributed by atoms with van der Waals surface area (Å²) in [6.07, 6.45) is 8.85. The number of rotatable bonds is 15. The zero-order valence-corrected chi connectivity index (χ0v) is 25.5. The van der Waals surface area contributed by atoms with Gasteiger partial charge in [0.15, 0.2) is 0 Å². The Kier molecular flexibility index (Phi) is 12.5. The van der Waals surface area contributed by atoms with Crippen LogP contribution < -0.4 is 5.32 Å². The van der Waals surface area contributed by atoms with Gasteiger partial charge in [0, 0.05) is 5.57 Å². The summed E-state index contributed by atoms with van der Waals surface area (Å²) in [5, 5.41) is 12.5. The number of carboxylic acids is 1. The van der Waals surface area contributed by atoms with Crippen LogP contribution in [-0.4, -0.2) is 41.6 Å². The minimum Gasteiger partial charge on any atom is -0.480 e. The second kappa shape index (κ2) is 15.8. The van der Waals surface area contributed by atoms with Crippen LogP contribution in [0, 0.1) is 6.92 Å². The molecule has 1 aliphatic carbocycles. The van der Waals surface area contributed by atoms with E-state index < -0.39 is 12.0 Å². The minimum atomic E-state index is -1.000. The maximum absolute atomic E-state index is 13.4. The van der Waals surface area contributed by atoms with Crippen molar-refractivity contribution in [2.45, 2.75) is 84.3 Å². The molecule has 0 saturated carbocycles. The molecule has 2 atom stereocenters. The molecule has 216 valence electrons. The first kappa shape index (κ1) is 31.7. The van der Waals surface area contributed by atoms with Crippen LogP contribution in [-0.2, 0) is 14.3 Å². The van der Waals surface area contributed by atoms with E-state index in [1.807, 2.05) is 37.4 Å². The van der Waals surface area contributed by atoms with Crippen LogP contribution in [0.2, 0.25) is 0 Å². The van der Waals surface area contributed by atoms with Gasteiger partial charge in [0.05, 0.1) is 12.7 Å². The molecule has 0 fully saturated rings. The first-order chi connectivity index (χ1) is 19.2. The van der Waals surface area contributed by atoms with Crippen molar-refractivity contribution < 1.29 is 19.4 Å². The highest BCUT2D eigenvalue weighted by atomic mass is 32.2. The Morgan fingerprint density at radius 1 is 1.05 bits per heavy atom. The van der Waals surface area contributed by atoms with Crippen LogP contribution in [0.25, 0.3) is 5.57 Å². The van der Waals surface area contributed by atoms with Crippen LogP contribution in [0.1, 0.15) is 93.6 Å². The van der Waals surface area contributed by atoms with Gasteiger partial charge in [-0.1, -0.05) is 88.2 Å². The number of allylic oxidation sites excluding steroid dienone is 2. The summed E-state index contributed by atoms with van der Waals surface area (Å²) < 4.78 is 6.58. The average Bonchev–Trinajstić information content (AvgIpc) is 2.95. The molecule has 0 aliphatic heterocycles. The van der Waals surface area contributed by atoms with Gasteiger partial charge in [0.1, 0.15) is 6.04 Å². The van der Waals surface area contributed by atoms with E-state index in [-0.39, 0.29) is 12.0 Å². The molecule has 0 heterocycles. The number of amides is 1. The van der Waals surface area contributed by atoms with Gasteiger partial charge in [0.25, 0.3) is 0 Å². The highest BCUT2D eigenvalue weighted by Gasteiger charge is 2.26. The highest BCUT2D eigenvalue weighted by Crippen LogP contribution is 2.34. The van der Waals surface area contributed by atoms with Crippen molar-refractivity contribution >= 4 is 29.2 Å². The second-order valence-corrected chi connectivity index (χ2v) is 11.9. The number of hydrogen-bond acceptors (Lipinski definition) is 4. The van der Waals surface area contributed by atoms with E-state index in [9.17, 15) is 14.7 Å². The van der Waals surface area contributed by atoms with Gasteiger partial charge in [-0.05, 0) is 83.9 Å². The molecule has 0 saturated heterocycles. The van der Waals surface area contributed by atoms with Crippen molar-refractivity contribution in [2.24, 2.45) is 0 Å². The van der Waals surface area contributed by atoms with Crippen LogP contribution >= 0.6 is 11.8 Å². The predicted octanol–water partition coefficient (Wildman–Crippen LogP) is 7.86. The van der Waals surface area contributed by atoms with E-state index in [1.54, 1.807) is 11.8 Å². The van der Waals surface area contributed by atoms with Crippen molar-refractivity contribution in [1.82, 2.24) is 5.32 Å². The number of carboxylic acid groups (broad SMARTS) is 1. The largest absolute Gasteiger partial charge is 0.480 e. The van der Waals surface area contributed by atoms with Crippen molar-refractivity contribution in [3.63, 3.8) is 0 Å². The molecule has 40 heavy (non-hydrogen) atoms. The zero-order valence-electron chi connectivity index (χ0n) is 24.7. The summed E-state index contributed by atoms with van der Waals surface area (Å²) in [4.78, 5) is 25.2. The van der Waals surface area contributed by atoms with E-state index in [1.165, 1.54) is 11.1 Å². The third-order valence-corrected chi connectivity index (χ3v) is 8.18. The number of carbonyl (C=O) groups excluding carboxylic acids is 1. The molecule has 6 heteroatoms. The molecular formula is C34H45NO4S. The fourth-order valence-corrected chi connectivity index (χ4v) is 5.52. The number of ether oxygens (including phenoxy) is 1. The number of carbonyl (C=O) groups is 2. The van der Waals surface area contributed by atoms with Gasteiger partial charge in [-0.15, -0.1) is 0 Å². The second-order valence-electron chi connectivity index (χ2n) is 10.9. The lowest BCUT2D eigenvalue weighted by atomic mass is 9.86. The van der Waals surface area contributed by atoms with Crippen molar-refractivity contribution in [1.29, 1.82) is 0 Å². The Labute approximate surface area is 244 Å².